The van der Waals surface area contributed by atoms with Crippen LogP contribution in [0.2, 0.25) is 0 Å². The minimum Gasteiger partial charge on any atom is -0.497 e. The number of ether oxygens (including phenoxy) is 1. The normalized spacial score (nSPS) is 14.4. The summed E-state index contributed by atoms with van der Waals surface area (Å²) in [5.74, 6) is 0.785. The van der Waals surface area contributed by atoms with Gasteiger partial charge in [-0.15, -0.1) is 0 Å². The molecule has 4 aromatic rings. The fourth-order valence-electron chi connectivity index (χ4n) is 4.47. The first-order valence-corrected chi connectivity index (χ1v) is 11.7. The van der Waals surface area contributed by atoms with E-state index in [0.29, 0.717) is 6.54 Å². The number of nitrogens with one attached hydrogen (secondary N) is 1. The Morgan fingerprint density at radius 1 is 0.853 bits per heavy atom. The van der Waals surface area contributed by atoms with Crippen LogP contribution in [-0.2, 0) is 6.54 Å². The summed E-state index contributed by atoms with van der Waals surface area (Å²) >= 11 is 0. The van der Waals surface area contributed by atoms with Crippen molar-refractivity contribution in [3.8, 4) is 5.75 Å². The molecule has 3 aromatic carbocycles. The molecular weight excluding hydrogens is 424 g/mol. The number of piperazine rings is 1. The van der Waals surface area contributed by atoms with Gasteiger partial charge in [-0.3, -0.25) is 4.79 Å². The Labute approximate surface area is 200 Å². The quantitative estimate of drug-likeness (QED) is 0.463. The van der Waals surface area contributed by atoms with Gasteiger partial charge in [0.1, 0.15) is 5.75 Å². The van der Waals surface area contributed by atoms with Crippen molar-refractivity contribution in [1.29, 1.82) is 0 Å². The molecule has 0 spiro atoms. The Kier molecular flexibility index (Phi) is 6.23. The molecule has 0 radical (unpaired) electrons. The maximum Gasteiger partial charge on any atom is 0.251 e. The van der Waals surface area contributed by atoms with E-state index in [0.717, 1.165) is 59.8 Å². The molecule has 34 heavy (non-hydrogen) atoms. The molecule has 1 aliphatic heterocycles. The van der Waals surface area contributed by atoms with Crippen LogP contribution in [0.3, 0.4) is 0 Å². The summed E-state index contributed by atoms with van der Waals surface area (Å²) < 4.78 is 7.16. The van der Waals surface area contributed by atoms with Gasteiger partial charge in [-0.25, -0.2) is 0 Å². The molecule has 0 bridgehead atoms. The van der Waals surface area contributed by atoms with Gasteiger partial charge in [-0.1, -0.05) is 18.2 Å². The van der Waals surface area contributed by atoms with Crippen LogP contribution < -0.4 is 20.5 Å². The van der Waals surface area contributed by atoms with Gasteiger partial charge < -0.3 is 24.4 Å². The molecule has 6 nitrogen and oxygen atoms in total. The molecule has 174 valence electrons. The summed E-state index contributed by atoms with van der Waals surface area (Å²) in [7, 11) is 3.82. The third-order valence-electron chi connectivity index (χ3n) is 6.49. The molecule has 1 fully saturated rings. The molecule has 0 atom stereocenters. The minimum absolute atomic E-state index is 0.0241. The highest BCUT2D eigenvalue weighted by molar-refractivity contribution is 5.84. The van der Waals surface area contributed by atoms with Gasteiger partial charge in [-0.2, -0.15) is 0 Å². The molecule has 5 rings (SSSR count). The van der Waals surface area contributed by atoms with Crippen LogP contribution in [0.4, 0.5) is 17.1 Å². The van der Waals surface area contributed by atoms with Gasteiger partial charge in [0.25, 0.3) is 5.56 Å². The lowest BCUT2D eigenvalue weighted by molar-refractivity contribution is 0.313. The molecule has 1 aromatic heterocycles. The summed E-state index contributed by atoms with van der Waals surface area (Å²) in [5.41, 5.74) is 5.12. The van der Waals surface area contributed by atoms with E-state index in [-0.39, 0.29) is 5.56 Å². The van der Waals surface area contributed by atoms with Crippen LogP contribution >= 0.6 is 0 Å². The first-order valence-electron chi connectivity index (χ1n) is 11.7. The van der Waals surface area contributed by atoms with E-state index in [1.54, 1.807) is 13.2 Å². The van der Waals surface area contributed by atoms with Gasteiger partial charge in [-0.05, 0) is 72.6 Å². The number of rotatable bonds is 6. The van der Waals surface area contributed by atoms with Gasteiger partial charge in [0.2, 0.25) is 0 Å². The third-order valence-corrected chi connectivity index (χ3v) is 6.49. The number of benzene rings is 3. The Balaban J connectivity index is 1.39. The Morgan fingerprint density at radius 2 is 1.59 bits per heavy atom. The number of likely N-dealkylation sites (N-methyl/N-ethyl adjacent to an activating group) is 1. The van der Waals surface area contributed by atoms with E-state index in [9.17, 15) is 4.79 Å². The number of aromatic nitrogens is 1. The molecule has 0 unspecified atom stereocenters. The summed E-state index contributed by atoms with van der Waals surface area (Å²) in [6.07, 6.45) is 0. The zero-order chi connectivity index (χ0) is 23.5. The summed E-state index contributed by atoms with van der Waals surface area (Å²) in [6, 6.07) is 26.1. The number of pyridine rings is 1. The van der Waals surface area contributed by atoms with Crippen LogP contribution in [-0.4, -0.2) is 49.8 Å². The second-order valence-electron chi connectivity index (χ2n) is 8.85. The zero-order valence-corrected chi connectivity index (χ0v) is 19.7. The maximum atomic E-state index is 12.8. The molecular formula is C28H30N4O2. The predicted octanol–water partition coefficient (Wildman–Crippen LogP) is 4.55. The van der Waals surface area contributed by atoms with Crippen molar-refractivity contribution < 1.29 is 4.74 Å². The van der Waals surface area contributed by atoms with Crippen molar-refractivity contribution in [3.05, 3.63) is 94.8 Å². The molecule has 0 saturated carbocycles. The Morgan fingerprint density at radius 3 is 2.35 bits per heavy atom. The van der Waals surface area contributed by atoms with E-state index >= 15 is 0 Å². The lowest BCUT2D eigenvalue weighted by Crippen LogP contribution is -2.44. The highest BCUT2D eigenvalue weighted by Gasteiger charge is 2.14. The average molecular weight is 455 g/mol. The SMILES string of the molecule is COc1cccc(Cn2c(=O)ccc3ccc(Nc4ccc(N5CCN(C)CC5)cc4)cc32)c1. The molecule has 2 heterocycles. The van der Waals surface area contributed by atoms with Gasteiger partial charge in [0.15, 0.2) is 0 Å². The lowest BCUT2D eigenvalue weighted by atomic mass is 10.1. The van der Waals surface area contributed by atoms with E-state index in [4.69, 9.17) is 4.74 Å². The van der Waals surface area contributed by atoms with Gasteiger partial charge >= 0.3 is 0 Å². The van der Waals surface area contributed by atoms with E-state index < -0.39 is 0 Å². The second-order valence-corrected chi connectivity index (χ2v) is 8.85. The number of hydrogen-bond acceptors (Lipinski definition) is 5. The molecule has 1 aliphatic rings. The average Bonchev–Trinajstić information content (AvgIpc) is 2.87. The number of nitrogens with zero attached hydrogens (tertiary/aromatic N) is 3. The fourth-order valence-corrected chi connectivity index (χ4v) is 4.47. The number of methoxy groups -OCH3 is 1. The van der Waals surface area contributed by atoms with E-state index in [1.807, 2.05) is 41.0 Å². The van der Waals surface area contributed by atoms with Crippen molar-refractivity contribution in [3.63, 3.8) is 0 Å². The monoisotopic (exact) mass is 454 g/mol. The molecule has 6 heteroatoms. The smallest absolute Gasteiger partial charge is 0.251 e. The lowest BCUT2D eigenvalue weighted by Gasteiger charge is -2.34. The summed E-state index contributed by atoms with van der Waals surface area (Å²) in [5, 5.41) is 4.53. The van der Waals surface area contributed by atoms with Crippen molar-refractivity contribution in [2.24, 2.45) is 0 Å². The first kappa shape index (κ1) is 22.0. The molecule has 0 amide bonds. The van der Waals surface area contributed by atoms with Crippen molar-refractivity contribution in [2.75, 3.05) is 50.6 Å². The molecule has 1 saturated heterocycles. The van der Waals surface area contributed by atoms with Crippen LogP contribution in [0.15, 0.2) is 83.7 Å². The molecule has 0 aliphatic carbocycles. The minimum atomic E-state index is -0.0241. The van der Waals surface area contributed by atoms with Crippen molar-refractivity contribution in [1.82, 2.24) is 9.47 Å². The van der Waals surface area contributed by atoms with Gasteiger partial charge in [0.05, 0.1) is 19.2 Å². The topological polar surface area (TPSA) is 49.7 Å². The predicted molar refractivity (Wildman–Crippen MR) is 140 cm³/mol. The number of anilines is 3. The molecule has 1 N–H and O–H groups in total. The largest absolute Gasteiger partial charge is 0.497 e. The van der Waals surface area contributed by atoms with Crippen LogP contribution in [0.5, 0.6) is 5.75 Å². The Hall–Kier alpha value is -3.77. The number of hydrogen-bond donors (Lipinski definition) is 1. The summed E-state index contributed by atoms with van der Waals surface area (Å²) in [6.45, 7) is 4.77. The fraction of sp³-hybridized carbons (Fsp3) is 0.250. The van der Waals surface area contributed by atoms with E-state index in [2.05, 4.69) is 58.6 Å². The second kappa shape index (κ2) is 9.61. The summed E-state index contributed by atoms with van der Waals surface area (Å²) in [4.78, 5) is 17.6. The van der Waals surface area contributed by atoms with E-state index in [1.165, 1.54) is 5.69 Å². The standard InChI is InChI=1S/C28H30N4O2/c1-30-14-16-31(17-15-30)25-11-9-23(10-12-25)29-24-8-6-22-7-13-28(33)32(27(22)19-24)20-21-4-3-5-26(18-21)34-2/h3-13,18-19,29H,14-17,20H2,1-2H3. The highest BCUT2D eigenvalue weighted by Crippen LogP contribution is 2.25. The first-order chi connectivity index (χ1) is 16.6. The Bertz CT molecular complexity index is 1340. The third kappa shape index (κ3) is 4.77. The van der Waals surface area contributed by atoms with Crippen molar-refractivity contribution >= 4 is 28.0 Å². The van der Waals surface area contributed by atoms with Gasteiger partial charge in [0, 0.05) is 49.3 Å². The number of fused-ring (bicyclic) bond motifs is 1. The van der Waals surface area contributed by atoms with Crippen LogP contribution in [0, 0.1) is 0 Å². The van der Waals surface area contributed by atoms with Crippen molar-refractivity contribution in [2.45, 2.75) is 6.54 Å². The maximum absolute atomic E-state index is 12.8. The zero-order valence-electron chi connectivity index (χ0n) is 19.7. The van der Waals surface area contributed by atoms with Crippen LogP contribution in [0.25, 0.3) is 10.9 Å². The highest BCUT2D eigenvalue weighted by atomic mass is 16.5. The van der Waals surface area contributed by atoms with Crippen LogP contribution in [0.1, 0.15) is 5.56 Å².